The zero-order valence-electron chi connectivity index (χ0n) is 11.7. The van der Waals surface area contributed by atoms with E-state index in [-0.39, 0.29) is 5.82 Å². The van der Waals surface area contributed by atoms with Crippen molar-refractivity contribution < 1.29 is 4.39 Å². The molecule has 1 N–H and O–H groups in total. The first-order chi connectivity index (χ1) is 10.7. The highest BCUT2D eigenvalue weighted by Crippen LogP contribution is 2.30. The minimum Gasteiger partial charge on any atom is -0.333 e. The quantitative estimate of drug-likeness (QED) is 0.616. The number of nitrogens with one attached hydrogen (secondary N) is 1. The van der Waals surface area contributed by atoms with E-state index in [0.717, 1.165) is 22.5 Å². The molecular weight excluding hydrogens is 283 g/mol. The normalized spacial score (nSPS) is 11.2. The molecule has 4 aromatic rings. The van der Waals surface area contributed by atoms with Gasteiger partial charge in [-0.15, -0.1) is 5.10 Å². The first-order valence-corrected chi connectivity index (χ1v) is 6.67. The van der Waals surface area contributed by atoms with Crippen molar-refractivity contribution in [2.45, 2.75) is 0 Å². The van der Waals surface area contributed by atoms with Gasteiger partial charge in [0.05, 0.1) is 29.4 Å². The number of halogens is 1. The van der Waals surface area contributed by atoms with Gasteiger partial charge in [-0.1, -0.05) is 5.21 Å². The molecule has 3 heterocycles. The number of nitrogens with zero attached hydrogens (tertiary/aromatic N) is 5. The van der Waals surface area contributed by atoms with Gasteiger partial charge < -0.3 is 4.57 Å². The maximum Gasteiger partial charge on any atom is 0.131 e. The molecule has 0 unspecified atom stereocenters. The van der Waals surface area contributed by atoms with Gasteiger partial charge in [0.25, 0.3) is 0 Å². The van der Waals surface area contributed by atoms with Crippen LogP contribution < -0.4 is 0 Å². The van der Waals surface area contributed by atoms with Crippen LogP contribution in [0.4, 0.5) is 4.39 Å². The topological polar surface area (TPSA) is 72.3 Å². The van der Waals surface area contributed by atoms with Crippen LogP contribution in [0.15, 0.2) is 42.9 Å². The van der Waals surface area contributed by atoms with Gasteiger partial charge in [0, 0.05) is 12.6 Å². The van der Waals surface area contributed by atoms with Crippen molar-refractivity contribution >= 4 is 11.0 Å². The maximum atomic E-state index is 13.1. The first kappa shape index (κ1) is 12.6. The predicted octanol–water partition coefficient (Wildman–Crippen LogP) is 2.56. The second-order valence-corrected chi connectivity index (χ2v) is 4.96. The summed E-state index contributed by atoms with van der Waals surface area (Å²) in [6.07, 6.45) is 3.36. The van der Waals surface area contributed by atoms with Gasteiger partial charge in [-0.05, 0) is 30.3 Å². The van der Waals surface area contributed by atoms with Crippen molar-refractivity contribution in [3.8, 4) is 22.6 Å². The van der Waals surface area contributed by atoms with Gasteiger partial charge in [-0.25, -0.2) is 9.37 Å². The molecule has 108 valence electrons. The van der Waals surface area contributed by atoms with Crippen LogP contribution in [-0.4, -0.2) is 29.9 Å². The van der Waals surface area contributed by atoms with E-state index >= 15 is 0 Å². The predicted molar refractivity (Wildman–Crippen MR) is 79.3 cm³/mol. The lowest BCUT2D eigenvalue weighted by Gasteiger charge is -2.06. The molecular formula is C15H11FN6. The minimum atomic E-state index is -0.268. The van der Waals surface area contributed by atoms with Crippen LogP contribution in [0.25, 0.3) is 33.7 Å². The lowest BCUT2D eigenvalue weighted by Crippen LogP contribution is -1.93. The van der Waals surface area contributed by atoms with Crippen LogP contribution in [-0.2, 0) is 7.05 Å². The van der Waals surface area contributed by atoms with Crippen LogP contribution in [0.2, 0.25) is 0 Å². The molecule has 0 aliphatic carbocycles. The lowest BCUT2D eigenvalue weighted by atomic mass is 10.1. The van der Waals surface area contributed by atoms with Crippen molar-refractivity contribution in [1.29, 1.82) is 0 Å². The Kier molecular flexibility index (Phi) is 2.72. The molecule has 22 heavy (non-hydrogen) atoms. The second kappa shape index (κ2) is 4.73. The van der Waals surface area contributed by atoms with E-state index in [9.17, 15) is 4.39 Å². The van der Waals surface area contributed by atoms with E-state index in [1.165, 1.54) is 12.1 Å². The molecule has 6 nitrogen and oxygen atoms in total. The summed E-state index contributed by atoms with van der Waals surface area (Å²) in [6, 6.07) is 8.17. The van der Waals surface area contributed by atoms with E-state index in [1.54, 1.807) is 24.7 Å². The fraction of sp³-hybridized carbons (Fsp3) is 0.0667. The van der Waals surface area contributed by atoms with Crippen molar-refractivity contribution in [3.05, 3.63) is 48.7 Å². The van der Waals surface area contributed by atoms with Gasteiger partial charge in [0.2, 0.25) is 0 Å². The number of aromatic amines is 1. The maximum absolute atomic E-state index is 13.1. The average Bonchev–Trinajstić information content (AvgIpc) is 3.14. The van der Waals surface area contributed by atoms with Crippen molar-refractivity contribution in [3.63, 3.8) is 0 Å². The molecule has 3 aromatic heterocycles. The number of rotatable bonds is 2. The van der Waals surface area contributed by atoms with Gasteiger partial charge in [-0.2, -0.15) is 0 Å². The number of pyridine rings is 1. The third-order valence-corrected chi connectivity index (χ3v) is 3.51. The molecule has 4 rings (SSSR count). The molecule has 0 bridgehead atoms. The van der Waals surface area contributed by atoms with Crippen LogP contribution >= 0.6 is 0 Å². The lowest BCUT2D eigenvalue weighted by molar-refractivity contribution is 0.628. The van der Waals surface area contributed by atoms with Gasteiger partial charge >= 0.3 is 0 Å². The summed E-state index contributed by atoms with van der Waals surface area (Å²) >= 11 is 0. The summed E-state index contributed by atoms with van der Waals surface area (Å²) in [4.78, 5) is 8.82. The van der Waals surface area contributed by atoms with Crippen molar-refractivity contribution in [2.75, 3.05) is 0 Å². The molecule has 0 radical (unpaired) electrons. The van der Waals surface area contributed by atoms with Crippen LogP contribution in [0, 0.1) is 5.82 Å². The highest BCUT2D eigenvalue weighted by molar-refractivity contribution is 5.82. The second-order valence-electron chi connectivity index (χ2n) is 4.96. The van der Waals surface area contributed by atoms with Gasteiger partial charge in [0.15, 0.2) is 0 Å². The number of hydrogen-bond acceptors (Lipinski definition) is 4. The van der Waals surface area contributed by atoms with Gasteiger partial charge in [0.1, 0.15) is 17.0 Å². The van der Waals surface area contributed by atoms with E-state index in [1.807, 2.05) is 17.7 Å². The first-order valence-electron chi connectivity index (χ1n) is 6.67. The number of imidazole rings is 1. The molecule has 0 fully saturated rings. The Morgan fingerprint density at radius 1 is 1.14 bits per heavy atom. The Hall–Kier alpha value is -3.09. The Labute approximate surface area is 124 Å². The van der Waals surface area contributed by atoms with E-state index < -0.39 is 0 Å². The fourth-order valence-electron chi connectivity index (χ4n) is 2.45. The zero-order chi connectivity index (χ0) is 15.1. The van der Waals surface area contributed by atoms with Crippen molar-refractivity contribution in [1.82, 2.24) is 29.9 Å². The summed E-state index contributed by atoms with van der Waals surface area (Å²) in [6.45, 7) is 0. The summed E-state index contributed by atoms with van der Waals surface area (Å²) in [5.41, 5.74) is 4.67. The number of fused-ring (bicyclic) bond motifs is 1. The Balaban J connectivity index is 1.90. The monoisotopic (exact) mass is 294 g/mol. The Morgan fingerprint density at radius 2 is 1.95 bits per heavy atom. The van der Waals surface area contributed by atoms with Crippen LogP contribution in [0.3, 0.4) is 0 Å². The zero-order valence-corrected chi connectivity index (χ0v) is 11.7. The van der Waals surface area contributed by atoms with Crippen LogP contribution in [0.1, 0.15) is 0 Å². The summed E-state index contributed by atoms with van der Waals surface area (Å²) in [7, 11) is 1.89. The fourth-order valence-corrected chi connectivity index (χ4v) is 2.45. The molecule has 0 atom stereocenters. The number of aryl methyl sites for hydroxylation is 1. The number of benzene rings is 1. The third kappa shape index (κ3) is 1.95. The van der Waals surface area contributed by atoms with Gasteiger partial charge in [-0.3, -0.25) is 10.1 Å². The third-order valence-electron chi connectivity index (χ3n) is 3.51. The van der Waals surface area contributed by atoms with Crippen LogP contribution in [0.5, 0.6) is 0 Å². The summed E-state index contributed by atoms with van der Waals surface area (Å²) < 4.78 is 15.0. The summed E-state index contributed by atoms with van der Waals surface area (Å²) in [5, 5.41) is 10.5. The smallest absolute Gasteiger partial charge is 0.131 e. The standard InChI is InChI=1S/C15H11FN6/c1-22-8-18-14(15(22)9-2-4-10(16)5-3-9)12-6-11-13(7-17-12)20-21-19-11/h2-8H,1H3,(H,19,20,21). The summed E-state index contributed by atoms with van der Waals surface area (Å²) in [5.74, 6) is -0.268. The minimum absolute atomic E-state index is 0.268. The highest BCUT2D eigenvalue weighted by atomic mass is 19.1. The number of aromatic nitrogens is 6. The largest absolute Gasteiger partial charge is 0.333 e. The Bertz CT molecular complexity index is 954. The Morgan fingerprint density at radius 3 is 2.77 bits per heavy atom. The molecule has 0 saturated carbocycles. The molecule has 1 aromatic carbocycles. The van der Waals surface area contributed by atoms with E-state index in [2.05, 4.69) is 25.4 Å². The molecule has 0 spiro atoms. The molecule has 0 aliphatic heterocycles. The SMILES string of the molecule is Cn1cnc(-c2cc3[nH]nnc3cn2)c1-c1ccc(F)cc1. The van der Waals surface area contributed by atoms with E-state index in [4.69, 9.17) is 0 Å². The molecule has 7 heteroatoms. The average molecular weight is 294 g/mol. The number of H-pyrrole nitrogens is 1. The number of hydrogen-bond donors (Lipinski definition) is 1. The molecule has 0 aliphatic rings. The molecule has 0 amide bonds. The molecule has 0 saturated heterocycles. The van der Waals surface area contributed by atoms with E-state index in [0.29, 0.717) is 11.2 Å². The van der Waals surface area contributed by atoms with Crippen molar-refractivity contribution in [2.24, 2.45) is 7.05 Å². The highest BCUT2D eigenvalue weighted by Gasteiger charge is 2.15.